The number of methoxy groups -OCH3 is 1. The molecule has 4 heteroatoms. The van der Waals surface area contributed by atoms with Crippen LogP contribution in [0.15, 0.2) is 48.5 Å². The van der Waals surface area contributed by atoms with Crippen molar-refractivity contribution in [2.45, 2.75) is 6.04 Å². The molecule has 2 nitrogen and oxygen atoms in total. The van der Waals surface area contributed by atoms with Crippen molar-refractivity contribution in [3.8, 4) is 5.75 Å². The third-order valence-corrected chi connectivity index (χ3v) is 4.46. The highest BCUT2D eigenvalue weighted by Crippen LogP contribution is 2.32. The lowest BCUT2D eigenvalue weighted by Gasteiger charge is -2.10. The van der Waals surface area contributed by atoms with Gasteiger partial charge in [0.05, 0.1) is 13.2 Å². The normalized spacial score (nSPS) is 12.6. The zero-order valence-electron chi connectivity index (χ0n) is 11.0. The SMILES string of the molecule is COc1ccc(C(N)c2cc3ccc(F)cc3s2)cc1. The molecule has 2 N–H and O–H groups in total. The van der Waals surface area contributed by atoms with Gasteiger partial charge in [-0.3, -0.25) is 0 Å². The molecular formula is C16H14FNOS. The third kappa shape index (κ3) is 2.40. The fourth-order valence-corrected chi connectivity index (χ4v) is 3.27. The van der Waals surface area contributed by atoms with E-state index in [4.69, 9.17) is 10.5 Å². The fourth-order valence-electron chi connectivity index (χ4n) is 2.15. The van der Waals surface area contributed by atoms with E-state index in [1.54, 1.807) is 19.2 Å². The third-order valence-electron chi connectivity index (χ3n) is 3.28. The van der Waals surface area contributed by atoms with Crippen LogP contribution in [-0.4, -0.2) is 7.11 Å². The second kappa shape index (κ2) is 5.23. The molecule has 1 heterocycles. The number of benzene rings is 2. The molecule has 3 rings (SSSR count). The van der Waals surface area contributed by atoms with E-state index in [-0.39, 0.29) is 11.9 Å². The van der Waals surface area contributed by atoms with E-state index in [1.807, 2.05) is 30.3 Å². The van der Waals surface area contributed by atoms with Gasteiger partial charge in [0.15, 0.2) is 0 Å². The first-order valence-electron chi connectivity index (χ1n) is 6.26. The molecule has 0 spiro atoms. The Kier molecular flexibility index (Phi) is 3.42. The van der Waals surface area contributed by atoms with Crippen molar-refractivity contribution in [1.29, 1.82) is 0 Å². The Morgan fingerprint density at radius 1 is 1.10 bits per heavy atom. The van der Waals surface area contributed by atoms with Gasteiger partial charge in [-0.15, -0.1) is 11.3 Å². The summed E-state index contributed by atoms with van der Waals surface area (Å²) in [5.74, 6) is 0.586. The van der Waals surface area contributed by atoms with Gasteiger partial charge in [-0.1, -0.05) is 18.2 Å². The van der Waals surface area contributed by atoms with Crippen molar-refractivity contribution in [2.24, 2.45) is 5.73 Å². The Balaban J connectivity index is 1.96. The Morgan fingerprint density at radius 3 is 2.55 bits per heavy atom. The van der Waals surface area contributed by atoms with Gasteiger partial charge >= 0.3 is 0 Å². The van der Waals surface area contributed by atoms with E-state index in [2.05, 4.69) is 0 Å². The molecule has 3 aromatic rings. The van der Waals surface area contributed by atoms with E-state index >= 15 is 0 Å². The van der Waals surface area contributed by atoms with Crippen LogP contribution in [0.2, 0.25) is 0 Å². The van der Waals surface area contributed by atoms with Crippen LogP contribution < -0.4 is 10.5 Å². The highest BCUT2D eigenvalue weighted by Gasteiger charge is 2.12. The molecule has 102 valence electrons. The van der Waals surface area contributed by atoms with Crippen molar-refractivity contribution in [1.82, 2.24) is 0 Å². The van der Waals surface area contributed by atoms with Crippen molar-refractivity contribution in [3.63, 3.8) is 0 Å². The maximum atomic E-state index is 13.2. The first-order valence-corrected chi connectivity index (χ1v) is 7.07. The molecule has 0 radical (unpaired) electrons. The van der Waals surface area contributed by atoms with Crippen molar-refractivity contribution >= 4 is 21.4 Å². The topological polar surface area (TPSA) is 35.2 Å². The van der Waals surface area contributed by atoms with E-state index in [0.717, 1.165) is 26.3 Å². The highest BCUT2D eigenvalue weighted by atomic mass is 32.1. The molecule has 0 aliphatic carbocycles. The average molecular weight is 287 g/mol. The number of nitrogens with two attached hydrogens (primary N) is 1. The lowest BCUT2D eigenvalue weighted by atomic mass is 10.1. The quantitative estimate of drug-likeness (QED) is 0.787. The molecule has 1 unspecified atom stereocenters. The molecule has 0 aliphatic heterocycles. The number of thiophene rings is 1. The van der Waals surface area contributed by atoms with Gasteiger partial charge < -0.3 is 10.5 Å². The van der Waals surface area contributed by atoms with Gasteiger partial charge in [-0.25, -0.2) is 4.39 Å². The van der Waals surface area contributed by atoms with Crippen LogP contribution in [0.25, 0.3) is 10.1 Å². The van der Waals surface area contributed by atoms with Gasteiger partial charge in [-0.2, -0.15) is 0 Å². The summed E-state index contributed by atoms with van der Waals surface area (Å²) in [7, 11) is 1.63. The number of rotatable bonds is 3. The smallest absolute Gasteiger partial charge is 0.124 e. The maximum Gasteiger partial charge on any atom is 0.124 e. The van der Waals surface area contributed by atoms with Crippen molar-refractivity contribution < 1.29 is 9.13 Å². The Hall–Kier alpha value is -1.91. The second-order valence-corrected chi connectivity index (χ2v) is 5.70. The number of fused-ring (bicyclic) bond motifs is 1. The largest absolute Gasteiger partial charge is 0.497 e. The van der Waals surface area contributed by atoms with Crippen LogP contribution in [0, 0.1) is 5.82 Å². The number of hydrogen-bond donors (Lipinski definition) is 1. The molecule has 0 bridgehead atoms. The van der Waals surface area contributed by atoms with Crippen LogP contribution >= 0.6 is 11.3 Å². The lowest BCUT2D eigenvalue weighted by molar-refractivity contribution is 0.414. The molecule has 0 fully saturated rings. The minimum atomic E-state index is -0.219. The average Bonchev–Trinajstić information content (AvgIpc) is 2.89. The van der Waals surface area contributed by atoms with Crippen LogP contribution in [0.4, 0.5) is 4.39 Å². The summed E-state index contributed by atoms with van der Waals surface area (Å²) in [6.45, 7) is 0. The van der Waals surface area contributed by atoms with E-state index in [0.29, 0.717) is 0 Å². The number of halogens is 1. The zero-order valence-corrected chi connectivity index (χ0v) is 11.8. The standard InChI is InChI=1S/C16H14FNOS/c1-19-13-6-3-10(4-7-13)16(18)15-8-11-2-5-12(17)9-14(11)20-15/h2-9,16H,18H2,1H3. The summed E-state index contributed by atoms with van der Waals surface area (Å²) in [5.41, 5.74) is 7.30. The molecule has 2 aromatic carbocycles. The monoisotopic (exact) mass is 287 g/mol. The van der Waals surface area contributed by atoms with Gasteiger partial charge in [0.1, 0.15) is 11.6 Å². The molecule has 20 heavy (non-hydrogen) atoms. The maximum absolute atomic E-state index is 13.2. The van der Waals surface area contributed by atoms with Crippen molar-refractivity contribution in [2.75, 3.05) is 7.11 Å². The van der Waals surface area contributed by atoms with Crippen LogP contribution in [0.5, 0.6) is 5.75 Å². The first-order chi connectivity index (χ1) is 9.67. The van der Waals surface area contributed by atoms with E-state index in [9.17, 15) is 4.39 Å². The molecule has 0 amide bonds. The van der Waals surface area contributed by atoms with Crippen LogP contribution in [-0.2, 0) is 0 Å². The van der Waals surface area contributed by atoms with E-state index < -0.39 is 0 Å². The molecule has 0 aliphatic rings. The summed E-state index contributed by atoms with van der Waals surface area (Å²) in [5, 5.41) is 1.02. The van der Waals surface area contributed by atoms with Crippen LogP contribution in [0.3, 0.4) is 0 Å². The minimum Gasteiger partial charge on any atom is -0.497 e. The minimum absolute atomic E-state index is 0.207. The predicted octanol–water partition coefficient (Wildman–Crippen LogP) is 4.10. The zero-order chi connectivity index (χ0) is 14.1. The summed E-state index contributed by atoms with van der Waals surface area (Å²) >= 11 is 1.53. The van der Waals surface area contributed by atoms with Gasteiger partial charge in [0.2, 0.25) is 0 Å². The molecule has 1 atom stereocenters. The highest BCUT2D eigenvalue weighted by molar-refractivity contribution is 7.19. The van der Waals surface area contributed by atoms with Gasteiger partial charge in [0.25, 0.3) is 0 Å². The Morgan fingerprint density at radius 2 is 1.85 bits per heavy atom. The first kappa shape index (κ1) is 13.1. The van der Waals surface area contributed by atoms with Gasteiger partial charge in [-0.05, 0) is 41.3 Å². The Bertz CT molecular complexity index is 736. The fraction of sp³-hybridized carbons (Fsp3) is 0.125. The number of hydrogen-bond acceptors (Lipinski definition) is 3. The van der Waals surface area contributed by atoms with Gasteiger partial charge in [0, 0.05) is 9.58 Å². The number of ether oxygens (including phenoxy) is 1. The van der Waals surface area contributed by atoms with Crippen LogP contribution in [0.1, 0.15) is 16.5 Å². The molecule has 0 saturated heterocycles. The van der Waals surface area contributed by atoms with Crippen molar-refractivity contribution in [3.05, 3.63) is 64.8 Å². The Labute approximate surface area is 120 Å². The lowest BCUT2D eigenvalue weighted by Crippen LogP contribution is -2.09. The summed E-state index contributed by atoms with van der Waals surface area (Å²) in [4.78, 5) is 1.02. The molecular weight excluding hydrogens is 273 g/mol. The second-order valence-electron chi connectivity index (χ2n) is 4.58. The summed E-state index contributed by atoms with van der Waals surface area (Å²) < 4.78 is 19.3. The predicted molar refractivity (Wildman–Crippen MR) is 80.8 cm³/mol. The molecule has 0 saturated carbocycles. The summed E-state index contributed by atoms with van der Waals surface area (Å²) in [6.07, 6.45) is 0. The van der Waals surface area contributed by atoms with E-state index in [1.165, 1.54) is 17.4 Å². The summed E-state index contributed by atoms with van der Waals surface area (Å²) in [6, 6.07) is 14.3. The molecule has 1 aromatic heterocycles.